The van der Waals surface area contributed by atoms with Crippen LogP contribution in [0, 0.1) is 6.92 Å². The maximum absolute atomic E-state index is 13.0. The maximum Gasteiger partial charge on any atom is 0.416 e. The van der Waals surface area contributed by atoms with Gasteiger partial charge in [0.2, 0.25) is 0 Å². The van der Waals surface area contributed by atoms with Gasteiger partial charge in [0, 0.05) is 36.5 Å². The second-order valence-electron chi connectivity index (χ2n) is 7.41. The van der Waals surface area contributed by atoms with Crippen LogP contribution in [0.5, 0.6) is 0 Å². The van der Waals surface area contributed by atoms with E-state index in [0.717, 1.165) is 25.0 Å². The Hall–Kier alpha value is -3.23. The maximum atomic E-state index is 13.0. The molecule has 4 rings (SSSR count). The lowest BCUT2D eigenvalue weighted by Crippen LogP contribution is -2.39. The van der Waals surface area contributed by atoms with Crippen LogP contribution in [-0.4, -0.2) is 44.1 Å². The second kappa shape index (κ2) is 7.89. The molecule has 1 N–H and O–H groups in total. The zero-order valence-corrected chi connectivity index (χ0v) is 16.3. The topological polar surface area (TPSA) is 74.8 Å². The molecule has 1 aliphatic rings. The van der Waals surface area contributed by atoms with Crippen molar-refractivity contribution in [1.82, 2.24) is 25.1 Å². The Morgan fingerprint density at radius 1 is 1.23 bits per heavy atom. The number of rotatable bonds is 3. The summed E-state index contributed by atoms with van der Waals surface area (Å²) >= 11 is 0. The van der Waals surface area contributed by atoms with E-state index >= 15 is 0 Å². The van der Waals surface area contributed by atoms with E-state index in [-0.39, 0.29) is 11.8 Å². The first-order valence-electron chi connectivity index (χ1n) is 9.62. The zero-order chi connectivity index (χ0) is 21.3. The number of amides is 1. The average Bonchev–Trinajstić information content (AvgIpc) is 3.19. The largest absolute Gasteiger partial charge is 0.416 e. The molecule has 0 saturated carbocycles. The van der Waals surface area contributed by atoms with E-state index in [2.05, 4.69) is 20.2 Å². The van der Waals surface area contributed by atoms with Crippen molar-refractivity contribution < 1.29 is 18.0 Å². The number of carbonyl (C=O) groups is 1. The van der Waals surface area contributed by atoms with E-state index in [1.54, 1.807) is 24.1 Å². The molecule has 2 aromatic heterocycles. The molecule has 1 aromatic carbocycles. The Morgan fingerprint density at radius 3 is 2.80 bits per heavy atom. The summed E-state index contributed by atoms with van der Waals surface area (Å²) in [4.78, 5) is 23.3. The minimum absolute atomic E-state index is 0.0341. The number of hydrogen-bond donors (Lipinski definition) is 1. The van der Waals surface area contributed by atoms with Crippen molar-refractivity contribution in [2.75, 3.05) is 13.1 Å². The van der Waals surface area contributed by atoms with Gasteiger partial charge in [-0.2, -0.15) is 18.3 Å². The van der Waals surface area contributed by atoms with Crippen LogP contribution in [0.2, 0.25) is 0 Å². The van der Waals surface area contributed by atoms with Gasteiger partial charge in [-0.25, -0.2) is 4.98 Å². The molecule has 3 aromatic rings. The van der Waals surface area contributed by atoms with Crippen LogP contribution in [0.25, 0.3) is 11.3 Å². The average molecular weight is 415 g/mol. The molecule has 0 radical (unpaired) electrons. The molecule has 0 unspecified atom stereocenters. The molecular formula is C21H20F3N5O. The van der Waals surface area contributed by atoms with Crippen LogP contribution in [-0.2, 0) is 6.18 Å². The number of halogens is 3. The first-order chi connectivity index (χ1) is 14.3. The Kier molecular flexibility index (Phi) is 5.27. The molecule has 9 heteroatoms. The highest BCUT2D eigenvalue weighted by Crippen LogP contribution is 2.32. The molecule has 1 saturated heterocycles. The number of aryl methyl sites for hydroxylation is 1. The molecule has 156 valence electrons. The number of nitrogens with one attached hydrogen (secondary N) is 1. The van der Waals surface area contributed by atoms with E-state index in [9.17, 15) is 18.0 Å². The van der Waals surface area contributed by atoms with Gasteiger partial charge >= 0.3 is 6.18 Å². The number of likely N-dealkylation sites (tertiary alicyclic amines) is 1. The molecule has 1 fully saturated rings. The van der Waals surface area contributed by atoms with Crippen molar-refractivity contribution in [1.29, 1.82) is 0 Å². The fraction of sp³-hybridized carbons (Fsp3) is 0.333. The van der Waals surface area contributed by atoms with Gasteiger partial charge in [-0.15, -0.1) is 0 Å². The van der Waals surface area contributed by atoms with Gasteiger partial charge in [0.05, 0.1) is 34.9 Å². The molecule has 0 aliphatic carbocycles. The van der Waals surface area contributed by atoms with Crippen LogP contribution in [0.15, 0.2) is 42.9 Å². The second-order valence-corrected chi connectivity index (χ2v) is 7.41. The summed E-state index contributed by atoms with van der Waals surface area (Å²) < 4.78 is 39.1. The molecule has 1 atom stereocenters. The third-order valence-electron chi connectivity index (χ3n) is 5.33. The first-order valence-corrected chi connectivity index (χ1v) is 9.62. The fourth-order valence-corrected chi connectivity index (χ4v) is 3.71. The van der Waals surface area contributed by atoms with E-state index < -0.39 is 11.7 Å². The Bertz CT molecular complexity index is 1060. The van der Waals surface area contributed by atoms with Gasteiger partial charge in [-0.1, -0.05) is 12.1 Å². The molecule has 1 amide bonds. The highest BCUT2D eigenvalue weighted by Gasteiger charge is 2.31. The van der Waals surface area contributed by atoms with E-state index in [4.69, 9.17) is 0 Å². The SMILES string of the molecule is Cc1[nH]ncc1C(=O)N1CCC[C@@H](c2cncc(-c3cccc(C(F)(F)F)c3)n2)C1. The summed E-state index contributed by atoms with van der Waals surface area (Å²) in [7, 11) is 0. The summed E-state index contributed by atoms with van der Waals surface area (Å²) in [5, 5.41) is 6.68. The summed E-state index contributed by atoms with van der Waals surface area (Å²) in [5.74, 6) is -0.124. The zero-order valence-electron chi connectivity index (χ0n) is 16.3. The van der Waals surface area contributed by atoms with Gasteiger partial charge in [-0.3, -0.25) is 14.9 Å². The number of hydrogen-bond acceptors (Lipinski definition) is 4. The lowest BCUT2D eigenvalue weighted by Gasteiger charge is -2.32. The number of piperidine rings is 1. The van der Waals surface area contributed by atoms with Gasteiger partial charge in [0.25, 0.3) is 5.91 Å². The highest BCUT2D eigenvalue weighted by atomic mass is 19.4. The van der Waals surface area contributed by atoms with Crippen LogP contribution in [0.1, 0.15) is 46.1 Å². The lowest BCUT2D eigenvalue weighted by atomic mass is 9.94. The van der Waals surface area contributed by atoms with Crippen molar-refractivity contribution >= 4 is 5.91 Å². The Labute approximate surface area is 171 Å². The number of benzene rings is 1. The first kappa shape index (κ1) is 20.1. The van der Waals surface area contributed by atoms with Crippen LogP contribution < -0.4 is 0 Å². The lowest BCUT2D eigenvalue weighted by molar-refractivity contribution is -0.137. The van der Waals surface area contributed by atoms with Crippen LogP contribution >= 0.6 is 0 Å². The van der Waals surface area contributed by atoms with Crippen LogP contribution in [0.3, 0.4) is 0 Å². The van der Waals surface area contributed by atoms with Crippen molar-refractivity contribution in [2.24, 2.45) is 0 Å². The molecule has 30 heavy (non-hydrogen) atoms. The molecule has 6 nitrogen and oxygen atoms in total. The predicted molar refractivity (Wildman–Crippen MR) is 104 cm³/mol. The fourth-order valence-electron chi connectivity index (χ4n) is 3.71. The summed E-state index contributed by atoms with van der Waals surface area (Å²) in [6.45, 7) is 2.91. The quantitative estimate of drug-likeness (QED) is 0.695. The minimum atomic E-state index is -4.42. The molecular weight excluding hydrogens is 395 g/mol. The predicted octanol–water partition coefficient (Wildman–Crippen LogP) is 4.21. The summed E-state index contributed by atoms with van der Waals surface area (Å²) in [6, 6.07) is 5.05. The van der Waals surface area contributed by atoms with Crippen molar-refractivity contribution in [3.05, 3.63) is 65.4 Å². The number of carbonyl (C=O) groups excluding carboxylic acids is 1. The third kappa shape index (κ3) is 4.05. The summed E-state index contributed by atoms with van der Waals surface area (Å²) in [6.07, 6.45) is 1.82. The van der Waals surface area contributed by atoms with Gasteiger partial charge in [0.15, 0.2) is 0 Å². The Balaban J connectivity index is 1.57. The number of nitrogens with zero attached hydrogens (tertiary/aromatic N) is 4. The Morgan fingerprint density at radius 2 is 2.07 bits per heavy atom. The summed E-state index contributed by atoms with van der Waals surface area (Å²) in [5.41, 5.74) is 1.95. The smallest absolute Gasteiger partial charge is 0.338 e. The normalized spacial score (nSPS) is 17.2. The highest BCUT2D eigenvalue weighted by molar-refractivity contribution is 5.95. The van der Waals surface area contributed by atoms with E-state index in [1.165, 1.54) is 18.5 Å². The van der Waals surface area contributed by atoms with Crippen molar-refractivity contribution in [3.8, 4) is 11.3 Å². The molecule has 3 heterocycles. The number of H-pyrrole nitrogens is 1. The van der Waals surface area contributed by atoms with Crippen LogP contribution in [0.4, 0.5) is 13.2 Å². The van der Waals surface area contributed by atoms with Crippen molar-refractivity contribution in [3.63, 3.8) is 0 Å². The molecule has 1 aliphatic heterocycles. The third-order valence-corrected chi connectivity index (χ3v) is 5.33. The van der Waals surface area contributed by atoms with Crippen molar-refractivity contribution in [2.45, 2.75) is 31.9 Å². The monoisotopic (exact) mass is 415 g/mol. The standard InChI is InChI=1S/C21H20F3N5O/c1-13-17(9-26-28-13)20(30)29-7-3-5-15(12-29)19-11-25-10-18(27-19)14-4-2-6-16(8-14)21(22,23)24/h2,4,6,8-11,15H,3,5,7,12H2,1H3,(H,26,28)/t15-/m1/s1. The molecule has 0 bridgehead atoms. The van der Waals surface area contributed by atoms with Gasteiger partial charge in [-0.05, 0) is 31.9 Å². The number of aromatic amines is 1. The minimum Gasteiger partial charge on any atom is -0.338 e. The van der Waals surface area contributed by atoms with E-state index in [1.807, 2.05) is 0 Å². The van der Waals surface area contributed by atoms with Gasteiger partial charge < -0.3 is 4.90 Å². The molecule has 0 spiro atoms. The number of aromatic nitrogens is 4. The number of alkyl halides is 3. The van der Waals surface area contributed by atoms with Gasteiger partial charge in [0.1, 0.15) is 0 Å². The van der Waals surface area contributed by atoms with E-state index in [0.29, 0.717) is 41.3 Å².